The van der Waals surface area contributed by atoms with E-state index < -0.39 is 46.3 Å². The zero-order chi connectivity index (χ0) is 22.9. The molecule has 0 bridgehead atoms. The predicted octanol–water partition coefficient (Wildman–Crippen LogP) is 4.41. The van der Waals surface area contributed by atoms with Gasteiger partial charge in [0.25, 0.3) is 0 Å². The maximum absolute atomic E-state index is 14.5. The number of nitrogens with zero attached hydrogens (tertiary/aromatic N) is 1. The van der Waals surface area contributed by atoms with Crippen LogP contribution in [0.4, 0.5) is 32.4 Å². The third-order valence-corrected chi connectivity index (χ3v) is 4.59. The second kappa shape index (κ2) is 8.59. The lowest BCUT2D eigenvalue weighted by molar-refractivity contribution is -0.136. The lowest BCUT2D eigenvalue weighted by Gasteiger charge is -2.15. The number of alkyl halides is 3. The van der Waals surface area contributed by atoms with Crippen LogP contribution in [0, 0.1) is 11.6 Å². The molecule has 1 aromatic carbocycles. The molecule has 1 aliphatic heterocycles. The van der Waals surface area contributed by atoms with E-state index in [0.717, 1.165) is 30.8 Å². The van der Waals surface area contributed by atoms with E-state index in [9.17, 15) is 26.7 Å². The maximum atomic E-state index is 14.5. The number of rotatable bonds is 5. The number of nitrogens with one attached hydrogen (secondary N) is 4. The van der Waals surface area contributed by atoms with Crippen molar-refractivity contribution in [3.63, 3.8) is 0 Å². The van der Waals surface area contributed by atoms with Gasteiger partial charge in [-0.05, 0) is 18.9 Å². The zero-order valence-electron chi connectivity index (χ0n) is 16.1. The highest BCUT2D eigenvalue weighted by Gasteiger charge is 2.35. The summed E-state index contributed by atoms with van der Waals surface area (Å²) < 4.78 is 79.2. The van der Waals surface area contributed by atoms with Crippen LogP contribution < -0.4 is 20.9 Å². The topological polar surface area (TPSA) is 100 Å². The van der Waals surface area contributed by atoms with Gasteiger partial charge in [-0.1, -0.05) is 0 Å². The van der Waals surface area contributed by atoms with Crippen LogP contribution in [0.15, 0.2) is 30.6 Å². The van der Waals surface area contributed by atoms with Crippen molar-refractivity contribution in [2.45, 2.75) is 25.2 Å². The zero-order valence-corrected chi connectivity index (χ0v) is 16.1. The summed E-state index contributed by atoms with van der Waals surface area (Å²) in [4.78, 5) is 18.0. The summed E-state index contributed by atoms with van der Waals surface area (Å²) in [5, 5.41) is 1.75. The number of pyridine rings is 1. The predicted molar refractivity (Wildman–Crippen MR) is 102 cm³/mol. The lowest BCUT2D eigenvalue weighted by atomic mass is 10.2. The van der Waals surface area contributed by atoms with Gasteiger partial charge in [0.05, 0.1) is 10.9 Å². The molecule has 1 atom stereocenters. The van der Waals surface area contributed by atoms with Crippen molar-refractivity contribution in [3.8, 4) is 11.5 Å². The van der Waals surface area contributed by atoms with E-state index in [1.54, 1.807) is 0 Å². The van der Waals surface area contributed by atoms with Gasteiger partial charge in [0.1, 0.15) is 17.6 Å². The number of aromatic amines is 1. The van der Waals surface area contributed by atoms with E-state index in [4.69, 9.17) is 9.47 Å². The van der Waals surface area contributed by atoms with Crippen LogP contribution in [0.2, 0.25) is 0 Å². The molecule has 0 spiro atoms. The number of amides is 2. The summed E-state index contributed by atoms with van der Waals surface area (Å²) in [6.07, 6.45) is -1.77. The number of ether oxygens (including phenoxy) is 2. The van der Waals surface area contributed by atoms with Crippen LogP contribution in [0.25, 0.3) is 11.0 Å². The number of hydrogen-bond donors (Lipinski definition) is 4. The summed E-state index contributed by atoms with van der Waals surface area (Å²) in [6, 6.07) is 1.79. The normalized spacial score (nSPS) is 16.3. The van der Waals surface area contributed by atoms with Crippen LogP contribution in [0.1, 0.15) is 18.4 Å². The van der Waals surface area contributed by atoms with Crippen molar-refractivity contribution in [3.05, 3.63) is 47.8 Å². The second-order valence-corrected chi connectivity index (χ2v) is 6.83. The number of halogens is 5. The number of hydrogen-bond acceptors (Lipinski definition) is 5. The standard InChI is InChI=1S/C19H16F5N5O3/c20-11-6-9(27-18(30)29-28-14-2-1-5-31-14)7-12(21)16(11)32-13-3-4-25-17-15(13)10(8-26-17)19(22,23)24/h3-4,6-8,14,28H,1-2,5H2,(H,25,26)(H2,27,29,30)/t14-/m1/s1. The van der Waals surface area contributed by atoms with Crippen molar-refractivity contribution in [2.75, 3.05) is 11.9 Å². The van der Waals surface area contributed by atoms with E-state index in [-0.39, 0.29) is 17.6 Å². The van der Waals surface area contributed by atoms with Gasteiger partial charge in [0.15, 0.2) is 17.4 Å². The van der Waals surface area contributed by atoms with Crippen LogP contribution in [-0.4, -0.2) is 28.8 Å². The average Bonchev–Trinajstić information content (AvgIpc) is 3.39. The molecule has 2 aromatic heterocycles. The number of urea groups is 1. The van der Waals surface area contributed by atoms with Crippen molar-refractivity contribution in [1.29, 1.82) is 0 Å². The SMILES string of the molecule is O=C(NN[C@H]1CCCO1)Nc1cc(F)c(Oc2ccnc3[nH]cc(C(F)(F)F)c23)c(F)c1. The summed E-state index contributed by atoms with van der Waals surface area (Å²) >= 11 is 0. The molecule has 0 unspecified atom stereocenters. The van der Waals surface area contributed by atoms with Crippen molar-refractivity contribution in [2.24, 2.45) is 0 Å². The van der Waals surface area contributed by atoms with Crippen LogP contribution in [-0.2, 0) is 10.9 Å². The molecule has 2 amide bonds. The highest BCUT2D eigenvalue weighted by molar-refractivity contribution is 5.89. The Morgan fingerprint density at radius 1 is 1.25 bits per heavy atom. The first-order valence-electron chi connectivity index (χ1n) is 9.36. The Balaban J connectivity index is 1.53. The Bertz CT molecular complexity index is 1120. The molecule has 170 valence electrons. The number of aromatic nitrogens is 2. The van der Waals surface area contributed by atoms with Crippen LogP contribution in [0.5, 0.6) is 11.5 Å². The number of carbonyl (C=O) groups excluding carboxylic acids is 1. The van der Waals surface area contributed by atoms with Gasteiger partial charge in [-0.3, -0.25) is 5.43 Å². The third kappa shape index (κ3) is 4.57. The molecule has 0 radical (unpaired) electrons. The fraction of sp³-hybridized carbons (Fsp3) is 0.263. The smallest absolute Gasteiger partial charge is 0.418 e. The van der Waals surface area contributed by atoms with E-state index >= 15 is 0 Å². The van der Waals surface area contributed by atoms with E-state index in [1.807, 2.05) is 0 Å². The average molecular weight is 457 g/mol. The second-order valence-electron chi connectivity index (χ2n) is 6.83. The number of fused-ring (bicyclic) bond motifs is 1. The first-order chi connectivity index (χ1) is 15.2. The maximum Gasteiger partial charge on any atom is 0.418 e. The van der Waals surface area contributed by atoms with E-state index in [1.165, 1.54) is 0 Å². The fourth-order valence-electron chi connectivity index (χ4n) is 3.17. The number of hydrazine groups is 1. The molecule has 13 heteroatoms. The molecule has 0 saturated carbocycles. The summed E-state index contributed by atoms with van der Waals surface area (Å²) in [5.74, 6) is -3.85. The van der Waals surface area contributed by atoms with Crippen LogP contribution >= 0.6 is 0 Å². The highest BCUT2D eigenvalue weighted by Crippen LogP contribution is 2.40. The van der Waals surface area contributed by atoms with Crippen molar-refractivity contribution >= 4 is 22.8 Å². The molecule has 32 heavy (non-hydrogen) atoms. The van der Waals surface area contributed by atoms with Crippen molar-refractivity contribution < 1.29 is 36.2 Å². The molecule has 3 heterocycles. The Kier molecular flexibility index (Phi) is 5.84. The number of carbonyl (C=O) groups is 1. The summed E-state index contributed by atoms with van der Waals surface area (Å²) in [7, 11) is 0. The number of anilines is 1. The molecule has 0 aliphatic carbocycles. The van der Waals surface area contributed by atoms with Crippen molar-refractivity contribution in [1.82, 2.24) is 20.8 Å². The summed E-state index contributed by atoms with van der Waals surface area (Å²) in [6.45, 7) is 0.551. The van der Waals surface area contributed by atoms with Gasteiger partial charge in [0, 0.05) is 36.8 Å². The molecule has 4 rings (SSSR count). The largest absolute Gasteiger partial charge is 0.450 e. The summed E-state index contributed by atoms with van der Waals surface area (Å²) in [5.41, 5.74) is 3.40. The van der Waals surface area contributed by atoms with Crippen LogP contribution in [0.3, 0.4) is 0 Å². The van der Waals surface area contributed by atoms with Gasteiger partial charge in [-0.2, -0.15) is 13.2 Å². The first-order valence-corrected chi connectivity index (χ1v) is 9.36. The molecular formula is C19H16F5N5O3. The van der Waals surface area contributed by atoms with E-state index in [2.05, 4.69) is 26.1 Å². The van der Waals surface area contributed by atoms with Gasteiger partial charge >= 0.3 is 12.2 Å². The Hall–Kier alpha value is -3.45. The number of benzene rings is 1. The monoisotopic (exact) mass is 457 g/mol. The lowest BCUT2D eigenvalue weighted by Crippen LogP contribution is -2.45. The minimum Gasteiger partial charge on any atom is -0.450 e. The molecule has 8 nitrogen and oxygen atoms in total. The third-order valence-electron chi connectivity index (χ3n) is 4.59. The Labute approximate surface area is 177 Å². The first kappa shape index (κ1) is 21.8. The molecule has 1 saturated heterocycles. The quantitative estimate of drug-likeness (QED) is 0.336. The van der Waals surface area contributed by atoms with Gasteiger partial charge in [-0.15, -0.1) is 0 Å². The molecule has 1 fully saturated rings. The van der Waals surface area contributed by atoms with Gasteiger partial charge < -0.3 is 19.8 Å². The Morgan fingerprint density at radius 2 is 2.00 bits per heavy atom. The molecule has 4 N–H and O–H groups in total. The Morgan fingerprint density at radius 3 is 2.66 bits per heavy atom. The van der Waals surface area contributed by atoms with E-state index in [0.29, 0.717) is 19.2 Å². The molecule has 3 aromatic rings. The molecular weight excluding hydrogens is 441 g/mol. The molecule has 1 aliphatic rings. The fourth-order valence-corrected chi connectivity index (χ4v) is 3.17. The minimum atomic E-state index is -4.74. The van der Waals surface area contributed by atoms with Gasteiger partial charge in [-0.25, -0.2) is 24.0 Å². The van der Waals surface area contributed by atoms with Gasteiger partial charge in [0.2, 0.25) is 0 Å². The number of H-pyrrole nitrogens is 1. The highest BCUT2D eigenvalue weighted by atomic mass is 19.4. The minimum absolute atomic E-state index is 0.163.